The SMILES string of the molecule is CC(O)(C/C=C/C1CCC(=O)[C@@H]1CCSc1nc(C(=O)O)cs1)CCC(F)=C(F)F. The lowest BCUT2D eigenvalue weighted by Crippen LogP contribution is -2.23. The van der Waals surface area contributed by atoms with Gasteiger partial charge in [-0.2, -0.15) is 8.78 Å². The molecule has 5 nitrogen and oxygen atoms in total. The Morgan fingerprint density at radius 1 is 1.43 bits per heavy atom. The number of thiazole rings is 1. The number of hydrogen-bond donors (Lipinski definition) is 2. The van der Waals surface area contributed by atoms with Gasteiger partial charge in [-0.25, -0.2) is 14.2 Å². The number of allylic oxidation sites excluding steroid dienone is 2. The van der Waals surface area contributed by atoms with E-state index in [1.54, 1.807) is 6.08 Å². The highest BCUT2D eigenvalue weighted by atomic mass is 32.2. The zero-order chi connectivity index (χ0) is 22.3. The smallest absolute Gasteiger partial charge is 0.355 e. The largest absolute Gasteiger partial charge is 0.476 e. The Hall–Kier alpha value is -1.65. The van der Waals surface area contributed by atoms with E-state index in [2.05, 4.69) is 4.98 Å². The van der Waals surface area contributed by atoms with Crippen LogP contribution in [0.25, 0.3) is 0 Å². The number of ketones is 1. The Morgan fingerprint density at radius 3 is 2.80 bits per heavy atom. The molecule has 1 aromatic rings. The van der Waals surface area contributed by atoms with Crippen molar-refractivity contribution < 1.29 is 33.0 Å². The summed E-state index contributed by atoms with van der Waals surface area (Å²) in [6, 6.07) is 0. The summed E-state index contributed by atoms with van der Waals surface area (Å²) < 4.78 is 37.8. The maximum Gasteiger partial charge on any atom is 0.355 e. The van der Waals surface area contributed by atoms with Gasteiger partial charge in [0.1, 0.15) is 5.78 Å². The number of halogens is 3. The van der Waals surface area contributed by atoms with E-state index in [1.807, 2.05) is 6.08 Å². The summed E-state index contributed by atoms with van der Waals surface area (Å²) in [5.74, 6) is -1.90. The van der Waals surface area contributed by atoms with Gasteiger partial charge in [-0.1, -0.05) is 23.9 Å². The van der Waals surface area contributed by atoms with Crippen molar-refractivity contribution in [2.24, 2.45) is 11.8 Å². The molecule has 10 heteroatoms. The van der Waals surface area contributed by atoms with Crippen molar-refractivity contribution in [3.63, 3.8) is 0 Å². The van der Waals surface area contributed by atoms with Gasteiger partial charge in [-0.3, -0.25) is 4.79 Å². The van der Waals surface area contributed by atoms with Crippen LogP contribution in [-0.2, 0) is 4.79 Å². The Labute approximate surface area is 181 Å². The number of hydrogen-bond acceptors (Lipinski definition) is 6. The summed E-state index contributed by atoms with van der Waals surface area (Å²) in [4.78, 5) is 27.1. The Kier molecular flexibility index (Phi) is 9.11. The van der Waals surface area contributed by atoms with Crippen LogP contribution in [-0.4, -0.2) is 38.3 Å². The molecule has 0 amide bonds. The standard InChI is InChI=1S/C20H24F3NO4S2/c1-20(28,9-6-14(21)17(22)23)8-2-3-12-4-5-16(25)13(12)7-10-29-19-24-15(11-30-19)18(26)27/h2-3,11-13,28H,4-10H2,1H3,(H,26,27)/b3-2+/t12?,13-,20?/m1/s1. The Bertz CT molecular complexity index is 819. The van der Waals surface area contributed by atoms with Gasteiger partial charge in [0.15, 0.2) is 15.9 Å². The topological polar surface area (TPSA) is 87.5 Å². The summed E-state index contributed by atoms with van der Waals surface area (Å²) >= 11 is 2.67. The van der Waals surface area contributed by atoms with Crippen LogP contribution in [0.1, 0.15) is 55.9 Å². The van der Waals surface area contributed by atoms with Crippen molar-refractivity contribution in [1.29, 1.82) is 0 Å². The summed E-state index contributed by atoms with van der Waals surface area (Å²) in [6.07, 6.45) is 2.59. The maximum absolute atomic E-state index is 12.9. The third-order valence-corrected chi connectivity index (χ3v) is 7.09. The number of carbonyl (C=O) groups excluding carboxylic acids is 1. The number of thioether (sulfide) groups is 1. The fourth-order valence-corrected chi connectivity index (χ4v) is 5.20. The molecule has 1 aromatic heterocycles. The number of aliphatic hydroxyl groups is 1. The molecule has 0 radical (unpaired) electrons. The zero-order valence-corrected chi connectivity index (χ0v) is 18.1. The van der Waals surface area contributed by atoms with Gasteiger partial charge in [0.05, 0.1) is 5.60 Å². The molecule has 2 unspecified atom stereocenters. The summed E-state index contributed by atoms with van der Waals surface area (Å²) in [5, 5.41) is 20.6. The lowest BCUT2D eigenvalue weighted by atomic mass is 9.90. The Morgan fingerprint density at radius 2 is 2.17 bits per heavy atom. The van der Waals surface area contributed by atoms with E-state index in [9.17, 15) is 27.9 Å². The minimum absolute atomic E-state index is 0.0110. The highest BCUT2D eigenvalue weighted by Crippen LogP contribution is 2.35. The van der Waals surface area contributed by atoms with Crippen molar-refractivity contribution in [2.75, 3.05) is 5.75 Å². The molecule has 2 rings (SSSR count). The van der Waals surface area contributed by atoms with Crippen LogP contribution in [0.2, 0.25) is 0 Å². The predicted octanol–water partition coefficient (Wildman–Crippen LogP) is 5.47. The molecule has 0 saturated heterocycles. The van der Waals surface area contributed by atoms with E-state index >= 15 is 0 Å². The van der Waals surface area contributed by atoms with E-state index in [4.69, 9.17) is 5.11 Å². The van der Waals surface area contributed by atoms with E-state index in [1.165, 1.54) is 35.4 Å². The number of rotatable bonds is 11. The summed E-state index contributed by atoms with van der Waals surface area (Å²) in [7, 11) is 0. The zero-order valence-electron chi connectivity index (χ0n) is 16.4. The first-order valence-electron chi connectivity index (χ1n) is 9.52. The van der Waals surface area contributed by atoms with E-state index < -0.39 is 29.9 Å². The summed E-state index contributed by atoms with van der Waals surface area (Å²) in [6.45, 7) is 1.47. The van der Waals surface area contributed by atoms with Crippen LogP contribution in [0.5, 0.6) is 0 Å². The first-order valence-corrected chi connectivity index (χ1v) is 11.4. The molecule has 1 fully saturated rings. The quantitative estimate of drug-likeness (QED) is 0.334. The lowest BCUT2D eigenvalue weighted by Gasteiger charge is -2.21. The molecule has 166 valence electrons. The number of carboxylic acid groups (broad SMARTS) is 1. The number of carboxylic acids is 1. The highest BCUT2D eigenvalue weighted by molar-refractivity contribution is 8.01. The van der Waals surface area contributed by atoms with Gasteiger partial charge >= 0.3 is 12.0 Å². The minimum atomic E-state index is -2.36. The third kappa shape index (κ3) is 7.55. The fourth-order valence-electron chi connectivity index (χ4n) is 3.31. The second kappa shape index (κ2) is 11.1. The normalized spacial score (nSPS) is 21.2. The monoisotopic (exact) mass is 463 g/mol. The van der Waals surface area contributed by atoms with Crippen LogP contribution >= 0.6 is 23.1 Å². The number of aromatic nitrogens is 1. The first-order chi connectivity index (χ1) is 14.1. The van der Waals surface area contributed by atoms with E-state index in [0.717, 1.165) is 0 Å². The number of nitrogens with zero attached hydrogens (tertiary/aromatic N) is 1. The lowest BCUT2D eigenvalue weighted by molar-refractivity contribution is -0.121. The molecule has 2 N–H and O–H groups in total. The van der Waals surface area contributed by atoms with Gasteiger partial charge in [0.25, 0.3) is 0 Å². The molecule has 0 bridgehead atoms. The third-order valence-electron chi connectivity index (χ3n) is 5.04. The van der Waals surface area contributed by atoms with Crippen molar-refractivity contribution in [3.8, 4) is 0 Å². The van der Waals surface area contributed by atoms with Crippen molar-refractivity contribution in [2.45, 2.75) is 55.4 Å². The van der Waals surface area contributed by atoms with E-state index in [0.29, 0.717) is 29.4 Å². The molecule has 0 spiro atoms. The van der Waals surface area contributed by atoms with Crippen LogP contribution in [0.15, 0.2) is 33.8 Å². The molecule has 0 aliphatic heterocycles. The molecule has 1 heterocycles. The average molecular weight is 464 g/mol. The van der Waals surface area contributed by atoms with Gasteiger partial charge in [0.2, 0.25) is 0 Å². The van der Waals surface area contributed by atoms with Gasteiger partial charge in [0, 0.05) is 29.9 Å². The van der Waals surface area contributed by atoms with Crippen LogP contribution < -0.4 is 0 Å². The van der Waals surface area contributed by atoms with Crippen LogP contribution in [0.3, 0.4) is 0 Å². The van der Waals surface area contributed by atoms with Crippen LogP contribution in [0, 0.1) is 11.8 Å². The molecule has 1 saturated carbocycles. The minimum Gasteiger partial charge on any atom is -0.476 e. The van der Waals surface area contributed by atoms with Crippen LogP contribution in [0.4, 0.5) is 13.2 Å². The molecule has 0 aromatic carbocycles. The van der Waals surface area contributed by atoms with Gasteiger partial charge in [-0.05, 0) is 38.5 Å². The second-order valence-electron chi connectivity index (χ2n) is 7.51. The second-order valence-corrected chi connectivity index (χ2v) is 9.71. The van der Waals surface area contributed by atoms with E-state index in [-0.39, 0.29) is 36.2 Å². The average Bonchev–Trinajstić information content (AvgIpc) is 3.28. The molecule has 30 heavy (non-hydrogen) atoms. The highest BCUT2D eigenvalue weighted by Gasteiger charge is 2.32. The van der Waals surface area contributed by atoms with Gasteiger partial charge in [-0.15, -0.1) is 11.3 Å². The first kappa shape index (κ1) is 24.6. The van der Waals surface area contributed by atoms with Crippen molar-refractivity contribution >= 4 is 34.9 Å². The Balaban J connectivity index is 1.83. The maximum atomic E-state index is 12.9. The number of Topliss-reactive ketones (excluding diaryl/α,β-unsaturated/α-hetero) is 1. The summed E-state index contributed by atoms with van der Waals surface area (Å²) in [5.41, 5.74) is -1.30. The number of aromatic carboxylic acids is 1. The molecular formula is C20H24F3NO4S2. The number of carbonyl (C=O) groups is 2. The van der Waals surface area contributed by atoms with Gasteiger partial charge < -0.3 is 10.2 Å². The predicted molar refractivity (Wildman–Crippen MR) is 110 cm³/mol. The fraction of sp³-hybridized carbons (Fsp3) is 0.550. The van der Waals surface area contributed by atoms with Crippen molar-refractivity contribution in [1.82, 2.24) is 4.98 Å². The molecule has 3 atom stereocenters. The molecule has 1 aliphatic rings. The molecular weight excluding hydrogens is 439 g/mol. The van der Waals surface area contributed by atoms with Crippen molar-refractivity contribution in [3.05, 3.63) is 35.1 Å². The molecule has 1 aliphatic carbocycles.